The van der Waals surface area contributed by atoms with E-state index in [0.29, 0.717) is 6.04 Å². The predicted octanol–water partition coefficient (Wildman–Crippen LogP) is 2.79. The lowest BCUT2D eigenvalue weighted by Gasteiger charge is -2.16. The van der Waals surface area contributed by atoms with Gasteiger partial charge in [-0.25, -0.2) is 4.68 Å². The summed E-state index contributed by atoms with van der Waals surface area (Å²) in [7, 11) is 0. The van der Waals surface area contributed by atoms with E-state index in [0.717, 1.165) is 29.9 Å². The van der Waals surface area contributed by atoms with Crippen LogP contribution in [0.3, 0.4) is 0 Å². The molecule has 0 saturated heterocycles. The summed E-state index contributed by atoms with van der Waals surface area (Å²) in [6, 6.07) is 7.99. The molecule has 21 heavy (non-hydrogen) atoms. The highest BCUT2D eigenvalue weighted by Crippen LogP contribution is 2.36. The number of benzene rings is 1. The first-order chi connectivity index (χ1) is 9.95. The van der Waals surface area contributed by atoms with Crippen LogP contribution in [-0.4, -0.2) is 30.4 Å². The van der Waals surface area contributed by atoms with E-state index in [1.54, 1.807) is 13.8 Å². The number of rotatable bonds is 4. The van der Waals surface area contributed by atoms with Crippen molar-refractivity contribution in [1.82, 2.24) is 20.2 Å². The third-order valence-corrected chi connectivity index (χ3v) is 3.66. The van der Waals surface area contributed by atoms with Gasteiger partial charge >= 0.3 is 0 Å². The molecule has 1 amide bonds. The van der Waals surface area contributed by atoms with Gasteiger partial charge in [0.2, 0.25) is 5.91 Å². The average molecular weight is 350 g/mol. The first-order valence-electron chi connectivity index (χ1n) is 6.84. The van der Waals surface area contributed by atoms with Gasteiger partial charge in [-0.2, -0.15) is 0 Å². The second kappa shape index (κ2) is 5.22. The standard InChI is InChI=1S/C14H16BrN5O/c1-14(2,15)13(21)16-10-5-3-4-9(8-10)12-17-18-19-20(12)11-6-7-11/h3-5,8,11H,6-7H2,1-2H3,(H,16,21). The van der Waals surface area contributed by atoms with E-state index in [-0.39, 0.29) is 5.91 Å². The van der Waals surface area contributed by atoms with Crippen LogP contribution in [0.25, 0.3) is 11.4 Å². The monoisotopic (exact) mass is 349 g/mol. The maximum atomic E-state index is 12.0. The zero-order valence-electron chi connectivity index (χ0n) is 11.9. The van der Waals surface area contributed by atoms with Gasteiger partial charge in [-0.05, 0) is 49.2 Å². The molecule has 1 aliphatic carbocycles. The van der Waals surface area contributed by atoms with Gasteiger partial charge in [-0.15, -0.1) is 5.10 Å². The fourth-order valence-electron chi connectivity index (χ4n) is 1.96. The van der Waals surface area contributed by atoms with E-state index in [4.69, 9.17) is 0 Å². The minimum absolute atomic E-state index is 0.0959. The molecular weight excluding hydrogens is 334 g/mol. The van der Waals surface area contributed by atoms with Crippen LogP contribution in [0.15, 0.2) is 24.3 Å². The van der Waals surface area contributed by atoms with Crippen LogP contribution in [0.2, 0.25) is 0 Å². The third kappa shape index (κ3) is 3.12. The maximum absolute atomic E-state index is 12.0. The lowest BCUT2D eigenvalue weighted by atomic mass is 10.1. The van der Waals surface area contributed by atoms with Crippen molar-refractivity contribution in [3.05, 3.63) is 24.3 Å². The highest BCUT2D eigenvalue weighted by Gasteiger charge is 2.28. The molecule has 1 aliphatic rings. The quantitative estimate of drug-likeness (QED) is 0.861. The van der Waals surface area contributed by atoms with Crippen LogP contribution in [0.5, 0.6) is 0 Å². The van der Waals surface area contributed by atoms with Crippen molar-refractivity contribution in [3.8, 4) is 11.4 Å². The predicted molar refractivity (Wildman–Crippen MR) is 83.2 cm³/mol. The fourth-order valence-corrected chi connectivity index (χ4v) is 2.06. The van der Waals surface area contributed by atoms with Crippen molar-refractivity contribution < 1.29 is 4.79 Å². The first kappa shape index (κ1) is 14.2. The lowest BCUT2D eigenvalue weighted by molar-refractivity contribution is -0.117. The number of aromatic nitrogens is 4. The molecule has 1 aromatic heterocycles. The average Bonchev–Trinajstić information content (AvgIpc) is 3.15. The first-order valence-corrected chi connectivity index (χ1v) is 7.63. The highest BCUT2D eigenvalue weighted by molar-refractivity contribution is 9.10. The number of hydrogen-bond acceptors (Lipinski definition) is 4. The Morgan fingerprint density at radius 2 is 2.19 bits per heavy atom. The lowest BCUT2D eigenvalue weighted by Crippen LogP contribution is -2.30. The van der Waals surface area contributed by atoms with Crippen LogP contribution in [-0.2, 0) is 4.79 Å². The molecule has 1 aromatic carbocycles. The van der Waals surface area contributed by atoms with Crippen molar-refractivity contribution >= 4 is 27.5 Å². The Labute approximate surface area is 131 Å². The Morgan fingerprint density at radius 1 is 1.43 bits per heavy atom. The highest BCUT2D eigenvalue weighted by atomic mass is 79.9. The Hall–Kier alpha value is -1.76. The van der Waals surface area contributed by atoms with E-state index in [9.17, 15) is 4.79 Å². The number of amides is 1. The van der Waals surface area contributed by atoms with Crippen molar-refractivity contribution in [2.24, 2.45) is 0 Å². The van der Waals surface area contributed by atoms with E-state index < -0.39 is 4.32 Å². The Kier molecular flexibility index (Phi) is 3.52. The van der Waals surface area contributed by atoms with Crippen LogP contribution in [0.4, 0.5) is 5.69 Å². The molecule has 2 aromatic rings. The van der Waals surface area contributed by atoms with Crippen molar-refractivity contribution in [3.63, 3.8) is 0 Å². The minimum Gasteiger partial charge on any atom is -0.325 e. The van der Waals surface area contributed by atoms with Gasteiger partial charge < -0.3 is 5.32 Å². The summed E-state index contributed by atoms with van der Waals surface area (Å²) >= 11 is 3.35. The minimum atomic E-state index is -0.613. The normalized spacial score (nSPS) is 15.0. The molecule has 6 nitrogen and oxygen atoms in total. The topological polar surface area (TPSA) is 72.7 Å². The molecule has 0 radical (unpaired) electrons. The molecule has 0 spiro atoms. The molecule has 0 unspecified atom stereocenters. The van der Waals surface area contributed by atoms with Crippen molar-refractivity contribution in [2.45, 2.75) is 37.1 Å². The second-order valence-electron chi connectivity index (χ2n) is 5.69. The van der Waals surface area contributed by atoms with Crippen LogP contribution >= 0.6 is 15.9 Å². The SMILES string of the molecule is CC(C)(Br)C(=O)Nc1cccc(-c2nnnn2C2CC2)c1. The van der Waals surface area contributed by atoms with Crippen molar-refractivity contribution in [2.75, 3.05) is 5.32 Å². The largest absolute Gasteiger partial charge is 0.325 e. The molecule has 7 heteroatoms. The van der Waals surface area contributed by atoms with E-state index in [1.165, 1.54) is 0 Å². The van der Waals surface area contributed by atoms with Gasteiger partial charge in [0, 0.05) is 11.3 Å². The van der Waals surface area contributed by atoms with Gasteiger partial charge in [0.1, 0.15) is 0 Å². The molecular formula is C14H16BrN5O. The third-order valence-electron chi connectivity index (χ3n) is 3.30. The number of halogens is 1. The molecule has 0 bridgehead atoms. The summed E-state index contributed by atoms with van der Waals surface area (Å²) in [5.41, 5.74) is 1.63. The van der Waals surface area contributed by atoms with Gasteiger partial charge in [-0.3, -0.25) is 4.79 Å². The summed E-state index contributed by atoms with van der Waals surface area (Å²) in [6.45, 7) is 3.61. The molecule has 1 N–H and O–H groups in total. The Bertz CT molecular complexity index is 672. The summed E-state index contributed by atoms with van der Waals surface area (Å²) in [4.78, 5) is 12.0. The number of nitrogens with zero attached hydrogens (tertiary/aromatic N) is 4. The fraction of sp³-hybridized carbons (Fsp3) is 0.429. The molecule has 1 heterocycles. The van der Waals surface area contributed by atoms with Crippen LogP contribution in [0.1, 0.15) is 32.7 Å². The molecule has 0 atom stereocenters. The summed E-state index contributed by atoms with van der Waals surface area (Å²) in [5, 5.41) is 14.8. The van der Waals surface area contributed by atoms with E-state index in [1.807, 2.05) is 28.9 Å². The molecule has 3 rings (SSSR count). The number of hydrogen-bond donors (Lipinski definition) is 1. The molecule has 110 valence electrons. The Balaban J connectivity index is 1.86. The maximum Gasteiger partial charge on any atom is 0.240 e. The summed E-state index contributed by atoms with van der Waals surface area (Å²) < 4.78 is 1.24. The molecule has 1 fully saturated rings. The zero-order valence-corrected chi connectivity index (χ0v) is 13.5. The van der Waals surface area contributed by atoms with Gasteiger partial charge in [0.25, 0.3) is 0 Å². The number of tetrazole rings is 1. The second-order valence-corrected chi connectivity index (χ2v) is 7.67. The van der Waals surface area contributed by atoms with Crippen LogP contribution < -0.4 is 5.32 Å². The van der Waals surface area contributed by atoms with Gasteiger partial charge in [-0.1, -0.05) is 28.1 Å². The van der Waals surface area contributed by atoms with Gasteiger partial charge in [0.05, 0.1) is 10.4 Å². The molecule has 1 saturated carbocycles. The summed E-state index contributed by atoms with van der Waals surface area (Å²) in [5.74, 6) is 0.646. The van der Waals surface area contributed by atoms with E-state index in [2.05, 4.69) is 36.8 Å². The number of carbonyl (C=O) groups is 1. The molecule has 0 aliphatic heterocycles. The van der Waals surface area contributed by atoms with Crippen molar-refractivity contribution in [1.29, 1.82) is 0 Å². The smallest absolute Gasteiger partial charge is 0.240 e. The number of carbonyl (C=O) groups excluding carboxylic acids is 1. The number of nitrogens with one attached hydrogen (secondary N) is 1. The summed E-state index contributed by atoms with van der Waals surface area (Å²) in [6.07, 6.45) is 2.23. The Morgan fingerprint density at radius 3 is 2.86 bits per heavy atom. The van der Waals surface area contributed by atoms with Crippen LogP contribution in [0, 0.1) is 0 Å². The van der Waals surface area contributed by atoms with Gasteiger partial charge in [0.15, 0.2) is 5.82 Å². The zero-order chi connectivity index (χ0) is 15.0. The van der Waals surface area contributed by atoms with E-state index >= 15 is 0 Å². The number of anilines is 1. The number of alkyl halides is 1.